The molecule has 0 aromatic carbocycles. The lowest BCUT2D eigenvalue weighted by Gasteiger charge is -2.35. The summed E-state index contributed by atoms with van der Waals surface area (Å²) < 4.78 is 0. The first-order valence-corrected chi connectivity index (χ1v) is 8.54. The first-order valence-electron chi connectivity index (χ1n) is 7.41. The molecule has 19 heavy (non-hydrogen) atoms. The maximum Gasteiger partial charge on any atom is 0.132 e. The zero-order valence-electron chi connectivity index (χ0n) is 12.0. The van der Waals surface area contributed by atoms with Crippen LogP contribution in [0.3, 0.4) is 0 Å². The maximum absolute atomic E-state index is 4.67. The van der Waals surface area contributed by atoms with Gasteiger partial charge in [-0.05, 0) is 26.2 Å². The Morgan fingerprint density at radius 2 is 2.00 bits per heavy atom. The second kappa shape index (κ2) is 7.22. The van der Waals surface area contributed by atoms with Crippen molar-refractivity contribution in [1.29, 1.82) is 0 Å². The van der Waals surface area contributed by atoms with Gasteiger partial charge >= 0.3 is 0 Å². The Balaban J connectivity index is 2.24. The van der Waals surface area contributed by atoms with Gasteiger partial charge in [0.05, 0.1) is 0 Å². The van der Waals surface area contributed by atoms with E-state index in [-0.39, 0.29) is 0 Å². The van der Waals surface area contributed by atoms with Crippen molar-refractivity contribution in [2.24, 2.45) is 0 Å². The Morgan fingerprint density at radius 3 is 2.63 bits per heavy atom. The lowest BCUT2D eigenvalue weighted by molar-refractivity contribution is 0.416. The minimum atomic E-state index is 0.658. The lowest BCUT2D eigenvalue weighted by Crippen LogP contribution is -2.39. The fourth-order valence-electron chi connectivity index (χ4n) is 2.91. The normalized spacial score (nSPS) is 16.6. The van der Waals surface area contributed by atoms with Crippen molar-refractivity contribution in [3.8, 4) is 0 Å². The van der Waals surface area contributed by atoms with Crippen LogP contribution in [0.25, 0.3) is 0 Å². The highest BCUT2D eigenvalue weighted by Crippen LogP contribution is 2.26. The predicted octanol–water partition coefficient (Wildman–Crippen LogP) is 3.88. The van der Waals surface area contributed by atoms with E-state index in [1.54, 1.807) is 0 Å². The van der Waals surface area contributed by atoms with Gasteiger partial charge in [-0.25, -0.2) is 9.97 Å². The highest BCUT2D eigenvalue weighted by atomic mass is 79.9. The van der Waals surface area contributed by atoms with Crippen molar-refractivity contribution in [2.75, 3.05) is 16.8 Å². The number of rotatable bonds is 5. The SMILES string of the molecule is CCc1cc(N(CCBr)C2CCCCC2)nc(C)n1. The molecule has 0 spiro atoms. The Morgan fingerprint density at radius 1 is 1.26 bits per heavy atom. The smallest absolute Gasteiger partial charge is 0.132 e. The van der Waals surface area contributed by atoms with Crippen molar-refractivity contribution in [3.05, 3.63) is 17.6 Å². The summed E-state index contributed by atoms with van der Waals surface area (Å²) in [6.07, 6.45) is 7.68. The van der Waals surface area contributed by atoms with Gasteiger partial charge in [0.1, 0.15) is 11.6 Å². The fourth-order valence-corrected chi connectivity index (χ4v) is 3.29. The second-order valence-electron chi connectivity index (χ2n) is 5.29. The van der Waals surface area contributed by atoms with E-state index in [1.165, 1.54) is 32.1 Å². The molecular weight excluding hydrogens is 302 g/mol. The third kappa shape index (κ3) is 3.91. The first-order chi connectivity index (χ1) is 9.24. The van der Waals surface area contributed by atoms with Gasteiger partial charge in [0.15, 0.2) is 0 Å². The zero-order chi connectivity index (χ0) is 13.7. The third-order valence-electron chi connectivity index (χ3n) is 3.87. The minimum Gasteiger partial charge on any atom is -0.353 e. The topological polar surface area (TPSA) is 29.0 Å². The fraction of sp³-hybridized carbons (Fsp3) is 0.733. The molecule has 0 atom stereocenters. The van der Waals surface area contributed by atoms with E-state index in [9.17, 15) is 0 Å². The number of aromatic nitrogens is 2. The molecule has 1 aliphatic carbocycles. The molecule has 1 aromatic rings. The summed E-state index contributed by atoms with van der Waals surface area (Å²) in [6.45, 7) is 5.18. The quantitative estimate of drug-likeness (QED) is 0.769. The molecule has 0 amide bonds. The van der Waals surface area contributed by atoms with Gasteiger partial charge in [-0.15, -0.1) is 0 Å². The summed E-state index contributed by atoms with van der Waals surface area (Å²) in [6, 6.07) is 2.83. The second-order valence-corrected chi connectivity index (χ2v) is 6.09. The molecule has 3 nitrogen and oxygen atoms in total. The van der Waals surface area contributed by atoms with Crippen LogP contribution in [0, 0.1) is 6.92 Å². The molecule has 4 heteroatoms. The van der Waals surface area contributed by atoms with Crippen molar-refractivity contribution >= 4 is 21.7 Å². The standard InChI is InChI=1S/C15H24BrN3/c1-3-13-11-15(18-12(2)17-13)19(10-9-16)14-7-5-4-6-8-14/h11,14H,3-10H2,1-2H3. The number of aryl methyl sites for hydroxylation is 2. The number of alkyl halides is 1. The molecule has 1 aromatic heterocycles. The van der Waals surface area contributed by atoms with Crippen molar-refractivity contribution < 1.29 is 0 Å². The monoisotopic (exact) mass is 325 g/mol. The average molecular weight is 326 g/mol. The number of halogens is 1. The highest BCUT2D eigenvalue weighted by molar-refractivity contribution is 9.09. The van der Waals surface area contributed by atoms with E-state index in [1.807, 2.05) is 6.92 Å². The van der Waals surface area contributed by atoms with Crippen LogP contribution >= 0.6 is 15.9 Å². The van der Waals surface area contributed by atoms with Crippen molar-refractivity contribution in [1.82, 2.24) is 9.97 Å². The molecule has 0 bridgehead atoms. The molecule has 1 heterocycles. The van der Waals surface area contributed by atoms with Crippen LogP contribution in [0.1, 0.15) is 50.5 Å². The molecule has 0 saturated heterocycles. The molecule has 106 valence electrons. The maximum atomic E-state index is 4.67. The van der Waals surface area contributed by atoms with Gasteiger partial charge in [0.2, 0.25) is 0 Å². The summed E-state index contributed by atoms with van der Waals surface area (Å²) in [5.41, 5.74) is 1.15. The molecule has 0 aliphatic heterocycles. The lowest BCUT2D eigenvalue weighted by atomic mass is 9.94. The Bertz CT molecular complexity index is 402. The molecule has 2 rings (SSSR count). The van der Waals surface area contributed by atoms with E-state index in [4.69, 9.17) is 0 Å². The predicted molar refractivity (Wildman–Crippen MR) is 84.2 cm³/mol. The molecule has 0 unspecified atom stereocenters. The summed E-state index contributed by atoms with van der Waals surface area (Å²) in [5.74, 6) is 2.01. The minimum absolute atomic E-state index is 0.658. The van der Waals surface area contributed by atoms with Crippen LogP contribution in [0.15, 0.2) is 6.07 Å². The van der Waals surface area contributed by atoms with Gasteiger partial charge in [0, 0.05) is 29.7 Å². The van der Waals surface area contributed by atoms with E-state index < -0.39 is 0 Å². The third-order valence-corrected chi connectivity index (χ3v) is 4.23. The molecule has 0 radical (unpaired) electrons. The van der Waals surface area contributed by atoms with E-state index in [0.717, 1.165) is 35.6 Å². The molecular formula is C15H24BrN3. The van der Waals surface area contributed by atoms with Crippen LogP contribution in [0.5, 0.6) is 0 Å². The average Bonchev–Trinajstić information content (AvgIpc) is 2.45. The van der Waals surface area contributed by atoms with E-state index in [0.29, 0.717) is 6.04 Å². The summed E-state index contributed by atoms with van der Waals surface area (Å²) in [7, 11) is 0. The summed E-state index contributed by atoms with van der Waals surface area (Å²) in [4.78, 5) is 11.6. The highest BCUT2D eigenvalue weighted by Gasteiger charge is 2.22. The van der Waals surface area contributed by atoms with Gasteiger partial charge in [0.25, 0.3) is 0 Å². The van der Waals surface area contributed by atoms with Crippen LogP contribution < -0.4 is 4.90 Å². The number of hydrogen-bond acceptors (Lipinski definition) is 3. The molecule has 1 aliphatic rings. The summed E-state index contributed by atoms with van der Waals surface area (Å²) in [5, 5.41) is 0.994. The Labute approximate surface area is 125 Å². The zero-order valence-corrected chi connectivity index (χ0v) is 13.6. The van der Waals surface area contributed by atoms with Crippen LogP contribution in [-0.2, 0) is 6.42 Å². The van der Waals surface area contributed by atoms with Crippen LogP contribution in [-0.4, -0.2) is 27.9 Å². The van der Waals surface area contributed by atoms with Gasteiger partial charge in [-0.3, -0.25) is 0 Å². The summed E-state index contributed by atoms with van der Waals surface area (Å²) >= 11 is 3.58. The Kier molecular flexibility index (Phi) is 5.61. The largest absolute Gasteiger partial charge is 0.353 e. The van der Waals surface area contributed by atoms with E-state index in [2.05, 4.69) is 43.8 Å². The number of hydrogen-bond donors (Lipinski definition) is 0. The first kappa shape index (κ1) is 14.8. The molecule has 0 N–H and O–H groups in total. The van der Waals surface area contributed by atoms with Gasteiger partial charge in [-0.1, -0.05) is 42.1 Å². The Hall–Kier alpha value is -0.640. The van der Waals surface area contributed by atoms with Gasteiger partial charge in [-0.2, -0.15) is 0 Å². The van der Waals surface area contributed by atoms with Crippen molar-refractivity contribution in [2.45, 2.75) is 58.4 Å². The van der Waals surface area contributed by atoms with Crippen LogP contribution in [0.4, 0.5) is 5.82 Å². The number of nitrogens with zero attached hydrogens (tertiary/aromatic N) is 3. The molecule has 1 fully saturated rings. The van der Waals surface area contributed by atoms with Crippen LogP contribution in [0.2, 0.25) is 0 Å². The molecule has 1 saturated carbocycles. The van der Waals surface area contributed by atoms with E-state index >= 15 is 0 Å². The van der Waals surface area contributed by atoms with Crippen molar-refractivity contribution in [3.63, 3.8) is 0 Å². The number of anilines is 1. The van der Waals surface area contributed by atoms with Gasteiger partial charge < -0.3 is 4.90 Å².